The predicted molar refractivity (Wildman–Crippen MR) is 71.7 cm³/mol. The van der Waals surface area contributed by atoms with E-state index in [-0.39, 0.29) is 4.75 Å². The van der Waals surface area contributed by atoms with Crippen LogP contribution in [-0.4, -0.2) is 17.5 Å². The van der Waals surface area contributed by atoms with Crippen molar-refractivity contribution in [1.82, 2.24) is 0 Å². The molecule has 2 nitrogen and oxygen atoms in total. The molecule has 0 aliphatic rings. The number of thioether (sulfide) groups is 1. The minimum absolute atomic E-state index is 0.232. The van der Waals surface area contributed by atoms with Crippen molar-refractivity contribution in [3.63, 3.8) is 0 Å². The molecule has 84 valence electrons. The van der Waals surface area contributed by atoms with Crippen LogP contribution in [0.15, 0.2) is 18.2 Å². The van der Waals surface area contributed by atoms with Gasteiger partial charge in [0.25, 0.3) is 0 Å². The van der Waals surface area contributed by atoms with E-state index in [4.69, 9.17) is 5.73 Å². The largest absolute Gasteiger partial charge is 0.397 e. The zero-order valence-corrected chi connectivity index (χ0v) is 10.7. The molecule has 0 atom stereocenters. The summed E-state index contributed by atoms with van der Waals surface area (Å²) in [6.07, 6.45) is 2.13. The molecule has 1 aromatic carbocycles. The summed E-state index contributed by atoms with van der Waals surface area (Å²) in [6, 6.07) is 6.07. The van der Waals surface area contributed by atoms with Gasteiger partial charge in [0.05, 0.1) is 11.4 Å². The summed E-state index contributed by atoms with van der Waals surface area (Å²) in [5.41, 5.74) is 8.98. The molecule has 0 spiro atoms. The summed E-state index contributed by atoms with van der Waals surface area (Å²) in [6.45, 7) is 7.43. The van der Waals surface area contributed by atoms with Gasteiger partial charge in [-0.1, -0.05) is 6.07 Å². The van der Waals surface area contributed by atoms with E-state index in [1.54, 1.807) is 0 Å². The molecule has 15 heavy (non-hydrogen) atoms. The first-order chi connectivity index (χ1) is 6.94. The minimum atomic E-state index is 0.232. The van der Waals surface area contributed by atoms with Crippen molar-refractivity contribution in [2.75, 3.05) is 23.9 Å². The van der Waals surface area contributed by atoms with Crippen LogP contribution in [0.25, 0.3) is 0 Å². The van der Waals surface area contributed by atoms with Crippen molar-refractivity contribution >= 4 is 23.1 Å². The highest BCUT2D eigenvalue weighted by Gasteiger charge is 2.15. The Morgan fingerprint density at radius 1 is 1.40 bits per heavy atom. The molecule has 0 aliphatic heterocycles. The molecule has 0 radical (unpaired) electrons. The number of nitrogen functional groups attached to an aromatic ring is 1. The third kappa shape index (κ3) is 3.67. The zero-order chi connectivity index (χ0) is 11.5. The van der Waals surface area contributed by atoms with Crippen molar-refractivity contribution in [2.45, 2.75) is 25.5 Å². The first-order valence-electron chi connectivity index (χ1n) is 5.10. The van der Waals surface area contributed by atoms with Crippen LogP contribution in [0.1, 0.15) is 19.4 Å². The van der Waals surface area contributed by atoms with E-state index in [0.717, 1.165) is 17.9 Å². The summed E-state index contributed by atoms with van der Waals surface area (Å²) in [4.78, 5) is 0. The fourth-order valence-corrected chi connectivity index (χ4v) is 1.42. The summed E-state index contributed by atoms with van der Waals surface area (Å²) in [7, 11) is 0. The van der Waals surface area contributed by atoms with Crippen LogP contribution in [0.5, 0.6) is 0 Å². The van der Waals surface area contributed by atoms with Gasteiger partial charge in [-0.15, -0.1) is 0 Å². The number of hydrogen-bond donors (Lipinski definition) is 2. The average Bonchev–Trinajstić information content (AvgIpc) is 2.20. The van der Waals surface area contributed by atoms with E-state index in [2.05, 4.69) is 38.4 Å². The maximum atomic E-state index is 5.89. The van der Waals surface area contributed by atoms with E-state index in [1.165, 1.54) is 5.56 Å². The number of hydrogen-bond acceptors (Lipinski definition) is 3. The number of rotatable bonds is 4. The summed E-state index contributed by atoms with van der Waals surface area (Å²) in [5.74, 6) is 0. The Balaban J connectivity index is 2.69. The van der Waals surface area contributed by atoms with Gasteiger partial charge >= 0.3 is 0 Å². The summed E-state index contributed by atoms with van der Waals surface area (Å²) in [5, 5.41) is 3.40. The lowest BCUT2D eigenvalue weighted by atomic mass is 10.1. The SMILES string of the molecule is CSC(C)(C)CNc1cc(C)ccc1N. The number of aryl methyl sites for hydroxylation is 1. The van der Waals surface area contributed by atoms with Crippen LogP contribution in [0.4, 0.5) is 11.4 Å². The van der Waals surface area contributed by atoms with Gasteiger partial charge in [0.2, 0.25) is 0 Å². The molecule has 0 bridgehead atoms. The van der Waals surface area contributed by atoms with Crippen LogP contribution in [0.2, 0.25) is 0 Å². The summed E-state index contributed by atoms with van der Waals surface area (Å²) < 4.78 is 0.232. The number of benzene rings is 1. The van der Waals surface area contributed by atoms with Gasteiger partial charge in [-0.2, -0.15) is 11.8 Å². The lowest BCUT2D eigenvalue weighted by Gasteiger charge is -2.23. The molecule has 3 heteroatoms. The molecule has 0 saturated carbocycles. The quantitative estimate of drug-likeness (QED) is 0.772. The van der Waals surface area contributed by atoms with Gasteiger partial charge < -0.3 is 11.1 Å². The van der Waals surface area contributed by atoms with Crippen LogP contribution in [-0.2, 0) is 0 Å². The van der Waals surface area contributed by atoms with E-state index < -0.39 is 0 Å². The second-order valence-electron chi connectivity index (χ2n) is 4.41. The van der Waals surface area contributed by atoms with Gasteiger partial charge in [0.15, 0.2) is 0 Å². The molecule has 0 unspecified atom stereocenters. The molecule has 0 saturated heterocycles. The smallest absolute Gasteiger partial charge is 0.0577 e. The number of anilines is 2. The molecule has 1 aromatic rings. The Hall–Kier alpha value is -0.830. The Kier molecular flexibility index (Phi) is 3.91. The summed E-state index contributed by atoms with van der Waals surface area (Å²) >= 11 is 1.85. The monoisotopic (exact) mass is 224 g/mol. The zero-order valence-electron chi connectivity index (χ0n) is 9.92. The fourth-order valence-electron chi connectivity index (χ4n) is 1.20. The highest BCUT2D eigenvalue weighted by Crippen LogP contribution is 2.24. The van der Waals surface area contributed by atoms with Gasteiger partial charge in [-0.25, -0.2) is 0 Å². The molecule has 0 aromatic heterocycles. The molecule has 0 amide bonds. The maximum absolute atomic E-state index is 5.89. The third-order valence-corrected chi connectivity index (χ3v) is 3.72. The predicted octanol–water partition coefficient (Wildman–Crippen LogP) is 3.13. The molecule has 3 N–H and O–H groups in total. The molecule has 0 heterocycles. The highest BCUT2D eigenvalue weighted by molar-refractivity contribution is 7.99. The van der Waals surface area contributed by atoms with Gasteiger partial charge in [0, 0.05) is 11.3 Å². The Morgan fingerprint density at radius 2 is 2.07 bits per heavy atom. The highest BCUT2D eigenvalue weighted by atomic mass is 32.2. The van der Waals surface area contributed by atoms with Crippen LogP contribution in [0.3, 0.4) is 0 Å². The molecule has 0 aliphatic carbocycles. The second kappa shape index (κ2) is 4.79. The topological polar surface area (TPSA) is 38.0 Å². The van der Waals surface area contributed by atoms with Crippen LogP contribution < -0.4 is 11.1 Å². The lowest BCUT2D eigenvalue weighted by molar-refractivity contribution is 0.753. The Morgan fingerprint density at radius 3 is 2.67 bits per heavy atom. The lowest BCUT2D eigenvalue weighted by Crippen LogP contribution is -2.26. The minimum Gasteiger partial charge on any atom is -0.397 e. The normalized spacial score (nSPS) is 11.5. The second-order valence-corrected chi connectivity index (χ2v) is 5.92. The Labute approximate surface area is 96.6 Å². The molecule has 1 rings (SSSR count). The van der Waals surface area contributed by atoms with Crippen molar-refractivity contribution < 1.29 is 0 Å². The van der Waals surface area contributed by atoms with Crippen LogP contribution >= 0.6 is 11.8 Å². The number of nitrogens with one attached hydrogen (secondary N) is 1. The van der Waals surface area contributed by atoms with E-state index in [0.29, 0.717) is 0 Å². The third-order valence-electron chi connectivity index (χ3n) is 2.47. The fraction of sp³-hybridized carbons (Fsp3) is 0.500. The van der Waals surface area contributed by atoms with Gasteiger partial charge in [-0.3, -0.25) is 0 Å². The Bertz CT molecular complexity index is 334. The van der Waals surface area contributed by atoms with E-state index in [1.807, 2.05) is 23.9 Å². The van der Waals surface area contributed by atoms with Gasteiger partial charge in [-0.05, 0) is 44.7 Å². The average molecular weight is 224 g/mol. The number of nitrogens with two attached hydrogens (primary N) is 1. The van der Waals surface area contributed by atoms with E-state index >= 15 is 0 Å². The van der Waals surface area contributed by atoms with Crippen molar-refractivity contribution in [3.8, 4) is 0 Å². The molecular formula is C12H20N2S. The van der Waals surface area contributed by atoms with Crippen LogP contribution in [0, 0.1) is 6.92 Å². The standard InChI is InChI=1S/C12H20N2S/c1-9-5-6-10(13)11(7-9)14-8-12(2,3)15-4/h5-7,14H,8,13H2,1-4H3. The molecular weight excluding hydrogens is 204 g/mol. The first kappa shape index (κ1) is 12.2. The molecule has 0 fully saturated rings. The van der Waals surface area contributed by atoms with Crippen molar-refractivity contribution in [3.05, 3.63) is 23.8 Å². The maximum Gasteiger partial charge on any atom is 0.0577 e. The van der Waals surface area contributed by atoms with Gasteiger partial charge in [0.1, 0.15) is 0 Å². The van der Waals surface area contributed by atoms with Crippen molar-refractivity contribution in [1.29, 1.82) is 0 Å². The first-order valence-corrected chi connectivity index (χ1v) is 6.32. The van der Waals surface area contributed by atoms with E-state index in [9.17, 15) is 0 Å². The van der Waals surface area contributed by atoms with Crippen molar-refractivity contribution in [2.24, 2.45) is 0 Å².